The van der Waals surface area contributed by atoms with Gasteiger partial charge in [-0.25, -0.2) is 0 Å². The number of carbonyl (C=O) groups excluding carboxylic acids is 1. The Morgan fingerprint density at radius 3 is 2.26 bits per heavy atom. The first-order valence-electron chi connectivity index (χ1n) is 7.86. The van der Waals surface area contributed by atoms with Gasteiger partial charge < -0.3 is 15.7 Å². The van der Waals surface area contributed by atoms with Gasteiger partial charge in [0, 0.05) is 27.8 Å². The van der Waals surface area contributed by atoms with Crippen LogP contribution in [0.5, 0.6) is 0 Å². The predicted octanol–water partition coefficient (Wildman–Crippen LogP) is 2.50. The third-order valence-corrected chi connectivity index (χ3v) is 4.20. The first kappa shape index (κ1) is 18.2. The fraction of sp³-hybridized carbons (Fsp3) is 0.588. The monoisotopic (exact) mass is 339 g/mol. The number of piperidine rings is 1. The van der Waals surface area contributed by atoms with Gasteiger partial charge in [-0.3, -0.25) is 10.1 Å². The molecule has 1 amide bonds. The second kappa shape index (κ2) is 6.77. The number of rotatable bonds is 4. The number of carbonyl (C=O) groups is 1. The van der Waals surface area contributed by atoms with E-state index in [1.54, 1.807) is 24.3 Å². The summed E-state index contributed by atoms with van der Waals surface area (Å²) in [5.41, 5.74) is 0.503. The minimum Gasteiger partial charge on any atom is -0.370 e. The van der Waals surface area contributed by atoms with Crippen LogP contribution in [0, 0.1) is 0 Å². The maximum absolute atomic E-state index is 12.1. The number of halogens is 1. The van der Waals surface area contributed by atoms with Gasteiger partial charge in [0.1, 0.15) is 0 Å². The quantitative estimate of drug-likeness (QED) is 0.636. The van der Waals surface area contributed by atoms with E-state index in [4.69, 9.17) is 11.6 Å². The molecule has 23 heavy (non-hydrogen) atoms. The van der Waals surface area contributed by atoms with Gasteiger partial charge in [0.25, 0.3) is 5.91 Å². The molecule has 0 saturated carbocycles. The first-order chi connectivity index (χ1) is 10.6. The van der Waals surface area contributed by atoms with Crippen molar-refractivity contribution in [3.63, 3.8) is 0 Å². The fourth-order valence-corrected chi connectivity index (χ4v) is 3.61. The Labute approximate surface area is 142 Å². The molecule has 4 N–H and O–H groups in total. The number of amides is 1. The van der Waals surface area contributed by atoms with E-state index in [-0.39, 0.29) is 17.1 Å². The molecular weight excluding hydrogens is 314 g/mol. The van der Waals surface area contributed by atoms with E-state index in [0.717, 1.165) is 12.8 Å². The molecule has 5 nitrogen and oxygen atoms in total. The summed E-state index contributed by atoms with van der Waals surface area (Å²) in [5.74, 6) is -0.471. The van der Waals surface area contributed by atoms with Crippen LogP contribution in [0.3, 0.4) is 0 Å². The minimum absolute atomic E-state index is 0.0498. The molecule has 0 aromatic heterocycles. The highest BCUT2D eigenvalue weighted by Gasteiger charge is 2.38. The van der Waals surface area contributed by atoms with Gasteiger partial charge in [-0.15, -0.1) is 0 Å². The van der Waals surface area contributed by atoms with Crippen LogP contribution < -0.4 is 16.0 Å². The summed E-state index contributed by atoms with van der Waals surface area (Å²) in [7, 11) is 0. The minimum atomic E-state index is -1.25. The predicted molar refractivity (Wildman–Crippen MR) is 93.5 cm³/mol. The number of aliphatic hydroxyl groups excluding tert-OH is 1. The summed E-state index contributed by atoms with van der Waals surface area (Å²) in [6.45, 7) is 8.51. The summed E-state index contributed by atoms with van der Waals surface area (Å²) in [6, 6.07) is 6.84. The lowest BCUT2D eigenvalue weighted by molar-refractivity contribution is -0.126. The normalized spacial score (nSPS) is 21.7. The van der Waals surface area contributed by atoms with Crippen molar-refractivity contribution < 1.29 is 9.90 Å². The van der Waals surface area contributed by atoms with Crippen LogP contribution >= 0.6 is 11.6 Å². The molecule has 1 heterocycles. The van der Waals surface area contributed by atoms with Crippen molar-refractivity contribution in [2.45, 2.75) is 63.9 Å². The summed E-state index contributed by atoms with van der Waals surface area (Å²) in [6.07, 6.45) is 0.420. The lowest BCUT2D eigenvalue weighted by atomic mass is 9.79. The molecule has 1 unspecified atom stereocenters. The largest absolute Gasteiger partial charge is 0.370 e. The van der Waals surface area contributed by atoms with Gasteiger partial charge in [-0.05, 0) is 64.8 Å². The molecule has 1 atom stereocenters. The maximum atomic E-state index is 12.1. The van der Waals surface area contributed by atoms with Gasteiger partial charge >= 0.3 is 0 Å². The van der Waals surface area contributed by atoms with E-state index in [1.807, 2.05) is 0 Å². The van der Waals surface area contributed by atoms with Crippen LogP contribution in [0.4, 0.5) is 5.69 Å². The molecule has 0 bridgehead atoms. The fourth-order valence-electron chi connectivity index (χ4n) is 3.48. The van der Waals surface area contributed by atoms with Gasteiger partial charge in [-0.2, -0.15) is 0 Å². The lowest BCUT2D eigenvalue weighted by Crippen LogP contribution is -2.63. The number of benzene rings is 1. The van der Waals surface area contributed by atoms with Crippen molar-refractivity contribution in [3.8, 4) is 0 Å². The first-order valence-corrected chi connectivity index (χ1v) is 8.24. The zero-order chi connectivity index (χ0) is 17.3. The molecule has 1 aromatic carbocycles. The second-order valence-electron chi connectivity index (χ2n) is 7.56. The number of anilines is 1. The molecule has 2 rings (SSSR count). The molecule has 0 radical (unpaired) electrons. The molecule has 0 aliphatic carbocycles. The van der Waals surface area contributed by atoms with Gasteiger partial charge in [-0.1, -0.05) is 11.6 Å². The van der Waals surface area contributed by atoms with Crippen molar-refractivity contribution in [2.24, 2.45) is 0 Å². The molecule has 0 spiro atoms. The van der Waals surface area contributed by atoms with Crippen LogP contribution in [-0.4, -0.2) is 34.4 Å². The van der Waals surface area contributed by atoms with Crippen molar-refractivity contribution >= 4 is 23.2 Å². The Bertz CT molecular complexity index is 541. The Hall–Kier alpha value is -1.14. The standard InChI is InChI=1S/C17H26ClN3O2/c1-16(2)9-13(10-17(3,4)21-16)20-15(23)14(22)19-12-7-5-11(18)6-8-12/h5-8,13,15,20-21,23H,9-10H2,1-4H3,(H,19,22). The van der Waals surface area contributed by atoms with Crippen LogP contribution in [0.1, 0.15) is 40.5 Å². The van der Waals surface area contributed by atoms with E-state index in [1.165, 1.54) is 0 Å². The summed E-state index contributed by atoms with van der Waals surface area (Å²) in [5, 5.41) is 20.0. The second-order valence-corrected chi connectivity index (χ2v) is 8.00. The van der Waals surface area contributed by atoms with Crippen molar-refractivity contribution in [3.05, 3.63) is 29.3 Å². The number of aliphatic hydroxyl groups is 1. The highest BCUT2D eigenvalue weighted by Crippen LogP contribution is 2.28. The highest BCUT2D eigenvalue weighted by molar-refractivity contribution is 6.30. The molecule has 6 heteroatoms. The van der Waals surface area contributed by atoms with Gasteiger partial charge in [0.2, 0.25) is 0 Å². The van der Waals surface area contributed by atoms with E-state index in [0.29, 0.717) is 10.7 Å². The van der Waals surface area contributed by atoms with E-state index in [9.17, 15) is 9.90 Å². The Kier molecular flexibility index (Phi) is 5.36. The SMILES string of the molecule is CC1(C)CC(NC(O)C(=O)Nc2ccc(Cl)cc2)CC(C)(C)N1. The Balaban J connectivity index is 1.93. The van der Waals surface area contributed by atoms with Crippen LogP contribution in [0.25, 0.3) is 0 Å². The van der Waals surface area contributed by atoms with E-state index < -0.39 is 12.1 Å². The zero-order valence-corrected chi connectivity index (χ0v) is 14.9. The smallest absolute Gasteiger partial charge is 0.268 e. The topological polar surface area (TPSA) is 73.4 Å². The third kappa shape index (κ3) is 5.46. The molecule has 1 aliphatic rings. The summed E-state index contributed by atoms with van der Waals surface area (Å²) in [4.78, 5) is 12.1. The molecule has 1 aliphatic heterocycles. The van der Waals surface area contributed by atoms with Crippen LogP contribution in [0.2, 0.25) is 5.02 Å². The molecule has 128 valence electrons. The molecule has 1 fully saturated rings. The molecule has 1 saturated heterocycles. The number of hydrogen-bond acceptors (Lipinski definition) is 4. The summed E-state index contributed by atoms with van der Waals surface area (Å²) < 4.78 is 0. The zero-order valence-electron chi connectivity index (χ0n) is 14.1. The lowest BCUT2D eigenvalue weighted by Gasteiger charge is -2.47. The van der Waals surface area contributed by atoms with Crippen LogP contribution in [0.15, 0.2) is 24.3 Å². The van der Waals surface area contributed by atoms with Crippen LogP contribution in [-0.2, 0) is 4.79 Å². The van der Waals surface area contributed by atoms with Crippen molar-refractivity contribution in [2.75, 3.05) is 5.32 Å². The highest BCUT2D eigenvalue weighted by atomic mass is 35.5. The molecular formula is C17H26ClN3O2. The average molecular weight is 340 g/mol. The van der Waals surface area contributed by atoms with E-state index in [2.05, 4.69) is 43.6 Å². The van der Waals surface area contributed by atoms with Gasteiger partial charge in [0.05, 0.1) is 0 Å². The third-order valence-electron chi connectivity index (χ3n) is 3.94. The van der Waals surface area contributed by atoms with Crippen molar-refractivity contribution in [1.29, 1.82) is 0 Å². The van der Waals surface area contributed by atoms with Crippen molar-refractivity contribution in [1.82, 2.24) is 10.6 Å². The Morgan fingerprint density at radius 2 is 1.74 bits per heavy atom. The maximum Gasteiger partial charge on any atom is 0.268 e. The Morgan fingerprint density at radius 1 is 1.22 bits per heavy atom. The average Bonchev–Trinajstić information content (AvgIpc) is 2.37. The summed E-state index contributed by atoms with van der Waals surface area (Å²) >= 11 is 5.81. The van der Waals surface area contributed by atoms with E-state index >= 15 is 0 Å². The van der Waals surface area contributed by atoms with Gasteiger partial charge in [0.15, 0.2) is 6.23 Å². The number of nitrogens with one attached hydrogen (secondary N) is 3. The molecule has 1 aromatic rings. The number of hydrogen-bond donors (Lipinski definition) is 4.